The fourth-order valence-electron chi connectivity index (χ4n) is 3.35. The lowest BCUT2D eigenvalue weighted by molar-refractivity contribution is -0.684. The molecule has 0 aliphatic carbocycles. The number of carbonyl (C=O) groups is 1. The molecule has 0 saturated carbocycles. The van der Waals surface area contributed by atoms with Gasteiger partial charge in [0.05, 0.1) is 6.54 Å². The lowest BCUT2D eigenvalue weighted by Crippen LogP contribution is -2.40. The number of nitrogens with zero attached hydrogens (tertiary/aromatic N) is 2. The minimum absolute atomic E-state index is 0.155. The molecule has 0 atom stereocenters. The molecule has 1 heterocycles. The lowest BCUT2D eigenvalue weighted by Gasteiger charge is -2.03. The highest BCUT2D eigenvalue weighted by atomic mass is 16.5. The average Bonchev–Trinajstić information content (AvgIpc) is 3.09. The third-order valence-electron chi connectivity index (χ3n) is 4.97. The molecule has 1 aromatic heterocycles. The highest BCUT2D eigenvalue weighted by Gasteiger charge is 2.07. The Morgan fingerprint density at radius 1 is 0.885 bits per heavy atom. The third-order valence-corrected chi connectivity index (χ3v) is 4.97. The van der Waals surface area contributed by atoms with Crippen molar-refractivity contribution in [1.82, 2.24) is 10.0 Å². The van der Waals surface area contributed by atoms with Gasteiger partial charge in [-0.1, -0.05) is 84.0 Å². The van der Waals surface area contributed by atoms with E-state index in [1.807, 2.05) is 18.7 Å². The summed E-state index contributed by atoms with van der Waals surface area (Å²) in [5.74, 6) is -0.399. The highest BCUT2D eigenvalue weighted by Crippen LogP contribution is 2.13. The lowest BCUT2D eigenvalue weighted by atomic mass is 10.0. The molecule has 0 aliphatic heterocycles. The predicted octanol–water partition coefficient (Wildman–Crippen LogP) is 4.76. The zero-order valence-corrected chi connectivity index (χ0v) is 16.8. The fourth-order valence-corrected chi connectivity index (χ4v) is 3.35. The van der Waals surface area contributed by atoms with Crippen LogP contribution in [0.3, 0.4) is 0 Å². The topological polar surface area (TPSA) is 58.1 Å². The first-order chi connectivity index (χ1) is 12.8. The van der Waals surface area contributed by atoms with Crippen LogP contribution in [0, 0.1) is 0 Å². The van der Waals surface area contributed by atoms with Gasteiger partial charge in [-0.05, 0) is 12.8 Å². The van der Waals surface area contributed by atoms with Gasteiger partial charge in [0.25, 0.3) is 5.91 Å². The first-order valence-electron chi connectivity index (χ1n) is 10.7. The second kappa shape index (κ2) is 15.9. The number of hydroxylamine groups is 1. The van der Waals surface area contributed by atoms with Crippen LogP contribution in [0.4, 0.5) is 0 Å². The zero-order valence-electron chi connectivity index (χ0n) is 16.8. The molecule has 5 heteroatoms. The molecule has 0 unspecified atom stereocenters. The predicted molar refractivity (Wildman–Crippen MR) is 105 cm³/mol. The number of carbonyl (C=O) groups excluding carboxylic acids is 1. The third kappa shape index (κ3) is 12.1. The van der Waals surface area contributed by atoms with Gasteiger partial charge in [0.15, 0.2) is 6.54 Å². The Morgan fingerprint density at radius 3 is 1.88 bits per heavy atom. The van der Waals surface area contributed by atoms with Crippen molar-refractivity contribution < 1.29 is 14.6 Å². The Kier molecular flexibility index (Phi) is 13.8. The standard InChI is InChI=1S/C21H39N3O2/c1-2-3-4-5-6-7-8-9-10-11-12-13-14-15-16-23-17-18-24(20-23)19-21(25)22-26/h17-18,20H,2-16,19H2,1H3,(H-,22,25,26)/p+1. The molecule has 0 fully saturated rings. The Hall–Kier alpha value is -1.36. The number of aromatic nitrogens is 2. The van der Waals surface area contributed by atoms with E-state index in [0.29, 0.717) is 0 Å². The number of unbranched alkanes of at least 4 members (excludes halogenated alkanes) is 13. The maximum Gasteiger partial charge on any atom is 0.285 e. The van der Waals surface area contributed by atoms with Crippen molar-refractivity contribution >= 4 is 5.91 Å². The van der Waals surface area contributed by atoms with Crippen LogP contribution in [0.1, 0.15) is 96.8 Å². The molecule has 0 saturated heterocycles. The van der Waals surface area contributed by atoms with E-state index in [2.05, 4.69) is 11.5 Å². The molecule has 0 aliphatic rings. The summed E-state index contributed by atoms with van der Waals surface area (Å²) in [7, 11) is 0. The Bertz CT molecular complexity index is 460. The van der Waals surface area contributed by atoms with Gasteiger partial charge in [-0.25, -0.2) is 14.6 Å². The van der Waals surface area contributed by atoms with E-state index >= 15 is 0 Å². The number of nitrogens with one attached hydrogen (secondary N) is 1. The van der Waals surface area contributed by atoms with Crippen molar-refractivity contribution in [2.45, 2.75) is 110 Å². The molecule has 1 aromatic rings. The number of hydrogen-bond donors (Lipinski definition) is 2. The number of hydrogen-bond acceptors (Lipinski definition) is 2. The van der Waals surface area contributed by atoms with Crippen molar-refractivity contribution in [3.63, 3.8) is 0 Å². The van der Waals surface area contributed by atoms with Gasteiger partial charge < -0.3 is 0 Å². The van der Waals surface area contributed by atoms with Gasteiger partial charge in [0.2, 0.25) is 6.33 Å². The van der Waals surface area contributed by atoms with E-state index in [-0.39, 0.29) is 6.54 Å². The molecular weight excluding hydrogens is 326 g/mol. The summed E-state index contributed by atoms with van der Waals surface area (Å²) in [6.07, 6.45) is 25.0. The second-order valence-electron chi connectivity index (χ2n) is 7.45. The molecule has 0 radical (unpaired) electrons. The van der Waals surface area contributed by atoms with Crippen molar-refractivity contribution in [2.75, 3.05) is 0 Å². The van der Waals surface area contributed by atoms with E-state index in [1.165, 1.54) is 89.9 Å². The van der Waals surface area contributed by atoms with Crippen LogP contribution in [0.25, 0.3) is 0 Å². The summed E-state index contributed by atoms with van der Waals surface area (Å²) in [6.45, 7) is 3.42. The normalized spacial score (nSPS) is 11.0. The van der Waals surface area contributed by atoms with Crippen LogP contribution < -0.4 is 10.0 Å². The molecule has 150 valence electrons. The van der Waals surface area contributed by atoms with Crippen molar-refractivity contribution in [3.05, 3.63) is 18.7 Å². The minimum atomic E-state index is -0.399. The van der Waals surface area contributed by atoms with E-state index in [1.54, 1.807) is 10.0 Å². The molecule has 1 rings (SSSR count). The molecule has 0 bridgehead atoms. The average molecular weight is 367 g/mol. The van der Waals surface area contributed by atoms with Crippen molar-refractivity contribution in [3.8, 4) is 0 Å². The van der Waals surface area contributed by atoms with Gasteiger partial charge in [-0.2, -0.15) is 0 Å². The largest absolute Gasteiger partial charge is 0.289 e. The van der Waals surface area contributed by atoms with Gasteiger partial charge in [-0.3, -0.25) is 10.0 Å². The van der Waals surface area contributed by atoms with Gasteiger partial charge in [0.1, 0.15) is 12.4 Å². The minimum Gasteiger partial charge on any atom is -0.289 e. The zero-order chi connectivity index (χ0) is 18.9. The number of imidazole rings is 1. The van der Waals surface area contributed by atoms with E-state index in [0.717, 1.165) is 6.54 Å². The fraction of sp³-hybridized carbons (Fsp3) is 0.810. The molecule has 0 spiro atoms. The number of rotatable bonds is 17. The van der Waals surface area contributed by atoms with Gasteiger partial charge in [-0.15, -0.1) is 0 Å². The second-order valence-corrected chi connectivity index (χ2v) is 7.45. The molecule has 26 heavy (non-hydrogen) atoms. The van der Waals surface area contributed by atoms with Crippen molar-refractivity contribution in [2.24, 2.45) is 0 Å². The first-order valence-corrected chi connectivity index (χ1v) is 10.7. The summed E-state index contributed by atoms with van der Waals surface area (Å²) in [6, 6.07) is 0. The molecular formula is C21H40N3O2+. The van der Waals surface area contributed by atoms with E-state index in [9.17, 15) is 4.79 Å². The Labute approximate surface area is 159 Å². The molecule has 2 N–H and O–H groups in total. The molecule has 1 amide bonds. The van der Waals surface area contributed by atoms with Crippen LogP contribution in [-0.4, -0.2) is 15.7 Å². The van der Waals surface area contributed by atoms with Crippen molar-refractivity contribution in [1.29, 1.82) is 0 Å². The summed E-state index contributed by atoms with van der Waals surface area (Å²) < 4.78 is 3.88. The summed E-state index contributed by atoms with van der Waals surface area (Å²) in [5, 5.41) is 8.53. The molecule has 0 aromatic carbocycles. The monoisotopic (exact) mass is 366 g/mol. The SMILES string of the molecule is CCCCCCCCCCCCCCCCn1cc[n+](CC(=O)NO)c1. The smallest absolute Gasteiger partial charge is 0.285 e. The van der Waals surface area contributed by atoms with Gasteiger partial charge in [0, 0.05) is 0 Å². The van der Waals surface area contributed by atoms with E-state index < -0.39 is 5.91 Å². The van der Waals surface area contributed by atoms with Crippen LogP contribution >= 0.6 is 0 Å². The van der Waals surface area contributed by atoms with Crippen LogP contribution in [-0.2, 0) is 17.9 Å². The number of amides is 1. The van der Waals surface area contributed by atoms with E-state index in [4.69, 9.17) is 5.21 Å². The maximum absolute atomic E-state index is 11.1. The van der Waals surface area contributed by atoms with Crippen LogP contribution in [0.2, 0.25) is 0 Å². The molecule has 5 nitrogen and oxygen atoms in total. The Balaban J connectivity index is 1.85. The summed E-state index contributed by atoms with van der Waals surface area (Å²) in [4.78, 5) is 11.1. The number of aryl methyl sites for hydroxylation is 1. The first kappa shape index (κ1) is 22.7. The maximum atomic E-state index is 11.1. The highest BCUT2D eigenvalue weighted by molar-refractivity contribution is 5.72. The van der Waals surface area contributed by atoms with Gasteiger partial charge >= 0.3 is 0 Å². The quantitative estimate of drug-likeness (QED) is 0.181. The summed E-state index contributed by atoms with van der Waals surface area (Å²) in [5.41, 5.74) is 1.65. The Morgan fingerprint density at radius 2 is 1.38 bits per heavy atom. The summed E-state index contributed by atoms with van der Waals surface area (Å²) >= 11 is 0. The van der Waals surface area contributed by atoms with Crippen LogP contribution in [0.15, 0.2) is 18.7 Å². The van der Waals surface area contributed by atoms with Crippen LogP contribution in [0.5, 0.6) is 0 Å².